The molecule has 18 heavy (non-hydrogen) atoms. The average molecular weight is 248 g/mol. The zero-order valence-electron chi connectivity index (χ0n) is 9.84. The maximum atomic E-state index is 11.9. The largest absolute Gasteiger partial charge is 0.497 e. The van der Waals surface area contributed by atoms with Crippen LogP contribution in [0.3, 0.4) is 0 Å². The highest BCUT2D eigenvalue weighted by Crippen LogP contribution is 2.25. The average Bonchev–Trinajstić information content (AvgIpc) is 2.91. The van der Waals surface area contributed by atoms with E-state index in [4.69, 9.17) is 18.6 Å². The molecule has 0 atom stereocenters. The van der Waals surface area contributed by atoms with Gasteiger partial charge in [-0.25, -0.2) is 4.79 Å². The van der Waals surface area contributed by atoms with Gasteiger partial charge in [0.1, 0.15) is 11.3 Å². The van der Waals surface area contributed by atoms with Crippen molar-refractivity contribution in [1.82, 2.24) is 0 Å². The van der Waals surface area contributed by atoms with E-state index in [1.807, 2.05) is 12.1 Å². The second-order valence-electron chi connectivity index (χ2n) is 3.97. The van der Waals surface area contributed by atoms with E-state index in [2.05, 4.69) is 0 Å². The van der Waals surface area contributed by atoms with Gasteiger partial charge in [0.25, 0.3) is 0 Å². The number of fused-ring (bicyclic) bond motifs is 1. The van der Waals surface area contributed by atoms with Crippen LogP contribution in [0.4, 0.5) is 0 Å². The third-order valence-electron chi connectivity index (χ3n) is 2.85. The van der Waals surface area contributed by atoms with Gasteiger partial charge in [-0.3, -0.25) is 0 Å². The molecule has 0 amide bonds. The van der Waals surface area contributed by atoms with Gasteiger partial charge in [0.05, 0.1) is 25.9 Å². The molecule has 5 heteroatoms. The van der Waals surface area contributed by atoms with E-state index in [9.17, 15) is 4.79 Å². The Labute approximate surface area is 103 Å². The molecular formula is C13H12O5. The van der Waals surface area contributed by atoms with Gasteiger partial charge >= 0.3 is 5.63 Å². The van der Waals surface area contributed by atoms with Gasteiger partial charge in [-0.05, 0) is 18.2 Å². The summed E-state index contributed by atoms with van der Waals surface area (Å²) in [6.07, 6.45) is -0.618. The van der Waals surface area contributed by atoms with E-state index in [1.165, 1.54) is 0 Å². The monoisotopic (exact) mass is 248 g/mol. The Kier molecular flexibility index (Phi) is 2.77. The van der Waals surface area contributed by atoms with Crippen LogP contribution in [0.5, 0.6) is 5.75 Å². The van der Waals surface area contributed by atoms with Crippen molar-refractivity contribution in [2.24, 2.45) is 0 Å². The molecule has 2 aromatic rings. The third-order valence-corrected chi connectivity index (χ3v) is 2.85. The molecule has 0 N–H and O–H groups in total. The van der Waals surface area contributed by atoms with Gasteiger partial charge < -0.3 is 18.6 Å². The van der Waals surface area contributed by atoms with Gasteiger partial charge in [-0.2, -0.15) is 0 Å². The van der Waals surface area contributed by atoms with Crippen molar-refractivity contribution < 1.29 is 18.6 Å². The zero-order valence-corrected chi connectivity index (χ0v) is 9.84. The number of methoxy groups -OCH3 is 1. The van der Waals surface area contributed by atoms with Crippen molar-refractivity contribution in [3.05, 3.63) is 40.2 Å². The fourth-order valence-electron chi connectivity index (χ4n) is 1.94. The van der Waals surface area contributed by atoms with Gasteiger partial charge in [0, 0.05) is 11.5 Å². The Morgan fingerprint density at radius 3 is 2.72 bits per heavy atom. The van der Waals surface area contributed by atoms with E-state index in [-0.39, 0.29) is 0 Å². The first-order chi connectivity index (χ1) is 8.78. The van der Waals surface area contributed by atoms with Crippen LogP contribution in [-0.2, 0) is 9.47 Å². The summed E-state index contributed by atoms with van der Waals surface area (Å²) in [6, 6.07) is 7.05. The Bertz CT molecular complexity index is 625. The second-order valence-corrected chi connectivity index (χ2v) is 3.97. The van der Waals surface area contributed by atoms with E-state index in [0.29, 0.717) is 30.1 Å². The van der Waals surface area contributed by atoms with Crippen molar-refractivity contribution in [3.8, 4) is 5.75 Å². The quantitative estimate of drug-likeness (QED) is 0.759. The highest BCUT2D eigenvalue weighted by Gasteiger charge is 2.22. The highest BCUT2D eigenvalue weighted by molar-refractivity contribution is 5.78. The third kappa shape index (κ3) is 1.87. The molecule has 1 saturated heterocycles. The molecule has 0 saturated carbocycles. The summed E-state index contributed by atoms with van der Waals surface area (Å²) in [5, 5.41) is 0.810. The lowest BCUT2D eigenvalue weighted by atomic mass is 10.2. The van der Waals surface area contributed by atoms with Crippen molar-refractivity contribution in [2.45, 2.75) is 6.29 Å². The molecule has 0 bridgehead atoms. The molecule has 1 aromatic heterocycles. The fourth-order valence-corrected chi connectivity index (χ4v) is 1.94. The lowest BCUT2D eigenvalue weighted by molar-refractivity contribution is -0.0461. The number of hydrogen-bond donors (Lipinski definition) is 0. The second kappa shape index (κ2) is 4.44. The molecule has 0 radical (unpaired) electrons. The number of hydrogen-bond acceptors (Lipinski definition) is 5. The van der Waals surface area contributed by atoms with Crippen LogP contribution in [-0.4, -0.2) is 20.3 Å². The topological polar surface area (TPSA) is 57.9 Å². The summed E-state index contributed by atoms with van der Waals surface area (Å²) < 4.78 is 20.9. The Morgan fingerprint density at radius 2 is 2.00 bits per heavy atom. The molecule has 1 aliphatic heterocycles. The molecule has 1 fully saturated rings. The molecule has 0 unspecified atom stereocenters. The zero-order chi connectivity index (χ0) is 12.5. The predicted molar refractivity (Wildman–Crippen MR) is 63.7 cm³/mol. The smallest absolute Gasteiger partial charge is 0.344 e. The standard InChI is InChI=1S/C13H12O5/c1-15-9-3-2-8-6-10(13-16-4-5-17-13)12(14)18-11(8)7-9/h2-3,6-7,13H,4-5H2,1H3. The van der Waals surface area contributed by atoms with Crippen molar-refractivity contribution in [3.63, 3.8) is 0 Å². The molecule has 1 aliphatic rings. The normalized spacial score (nSPS) is 16.3. The van der Waals surface area contributed by atoms with E-state index >= 15 is 0 Å². The maximum absolute atomic E-state index is 11.9. The lowest BCUT2D eigenvalue weighted by Gasteiger charge is -2.08. The molecule has 0 aliphatic carbocycles. The van der Waals surface area contributed by atoms with E-state index in [0.717, 1.165) is 5.39 Å². The molecule has 5 nitrogen and oxygen atoms in total. The van der Waals surface area contributed by atoms with Crippen molar-refractivity contribution in [2.75, 3.05) is 20.3 Å². The Balaban J connectivity index is 2.12. The van der Waals surface area contributed by atoms with Crippen LogP contribution in [0.1, 0.15) is 11.9 Å². The molecule has 94 valence electrons. The summed E-state index contributed by atoms with van der Waals surface area (Å²) in [5.74, 6) is 0.645. The van der Waals surface area contributed by atoms with Crippen LogP contribution in [0.2, 0.25) is 0 Å². The highest BCUT2D eigenvalue weighted by atomic mass is 16.7. The van der Waals surface area contributed by atoms with Crippen LogP contribution in [0, 0.1) is 0 Å². The minimum atomic E-state index is -0.618. The van der Waals surface area contributed by atoms with Crippen LogP contribution >= 0.6 is 0 Å². The SMILES string of the molecule is COc1ccc2cc(C3OCCO3)c(=O)oc2c1. The number of benzene rings is 1. The summed E-state index contributed by atoms with van der Waals surface area (Å²) in [5.41, 5.74) is 0.439. The molecule has 0 spiro atoms. The first-order valence-electron chi connectivity index (χ1n) is 5.63. The number of ether oxygens (including phenoxy) is 3. The van der Waals surface area contributed by atoms with Gasteiger partial charge in [-0.15, -0.1) is 0 Å². The molecular weight excluding hydrogens is 236 g/mol. The van der Waals surface area contributed by atoms with Crippen LogP contribution < -0.4 is 10.4 Å². The Hall–Kier alpha value is -1.85. The van der Waals surface area contributed by atoms with Crippen LogP contribution in [0.15, 0.2) is 33.5 Å². The minimum Gasteiger partial charge on any atom is -0.497 e. The summed E-state index contributed by atoms with van der Waals surface area (Å²) in [7, 11) is 1.56. The first kappa shape index (κ1) is 11.3. The maximum Gasteiger partial charge on any atom is 0.344 e. The summed E-state index contributed by atoms with van der Waals surface area (Å²) in [4.78, 5) is 11.9. The van der Waals surface area contributed by atoms with E-state index < -0.39 is 11.9 Å². The first-order valence-corrected chi connectivity index (χ1v) is 5.63. The number of rotatable bonds is 2. The lowest BCUT2D eigenvalue weighted by Crippen LogP contribution is -2.12. The predicted octanol–water partition coefficient (Wildman–Crippen LogP) is 1.85. The fraction of sp³-hybridized carbons (Fsp3) is 0.308. The minimum absolute atomic E-state index is 0.394. The summed E-state index contributed by atoms with van der Waals surface area (Å²) >= 11 is 0. The van der Waals surface area contributed by atoms with Crippen molar-refractivity contribution >= 4 is 11.0 Å². The van der Waals surface area contributed by atoms with Crippen molar-refractivity contribution in [1.29, 1.82) is 0 Å². The van der Waals surface area contributed by atoms with Gasteiger partial charge in [-0.1, -0.05) is 0 Å². The molecule has 1 aromatic carbocycles. The van der Waals surface area contributed by atoms with Crippen LogP contribution in [0.25, 0.3) is 11.0 Å². The summed E-state index contributed by atoms with van der Waals surface area (Å²) in [6.45, 7) is 0.982. The Morgan fingerprint density at radius 1 is 1.22 bits per heavy atom. The van der Waals surface area contributed by atoms with Gasteiger partial charge in [0.2, 0.25) is 0 Å². The van der Waals surface area contributed by atoms with E-state index in [1.54, 1.807) is 19.2 Å². The molecule has 3 rings (SSSR count). The molecule has 2 heterocycles. The van der Waals surface area contributed by atoms with Gasteiger partial charge in [0.15, 0.2) is 6.29 Å².